The first-order valence-corrected chi connectivity index (χ1v) is 9.80. The van der Waals surface area contributed by atoms with Crippen LogP contribution in [0.3, 0.4) is 0 Å². The number of hydrogen-bond acceptors (Lipinski definition) is 6. The highest BCUT2D eigenvalue weighted by Gasteiger charge is 2.48. The number of fused-ring (bicyclic) bond motifs is 2. The summed E-state index contributed by atoms with van der Waals surface area (Å²) in [4.78, 5) is 32.1. The monoisotopic (exact) mass is 405 g/mol. The SMILES string of the molecule is O=C1C2CN(Cc3ccc(Cl)s3)CCN2C(=O)N1c1ccc2c(c1)OCO2. The highest BCUT2D eigenvalue weighted by atomic mass is 35.5. The fraction of sp³-hybridized carbons (Fsp3) is 0.333. The number of rotatable bonds is 3. The largest absolute Gasteiger partial charge is 0.454 e. The van der Waals surface area contributed by atoms with Gasteiger partial charge in [-0.3, -0.25) is 9.69 Å². The first kappa shape index (κ1) is 16.9. The van der Waals surface area contributed by atoms with Crippen molar-refractivity contribution >= 4 is 40.6 Å². The molecule has 0 spiro atoms. The molecular weight excluding hydrogens is 390 g/mol. The number of hydrogen-bond donors (Lipinski definition) is 0. The Bertz CT molecular complexity index is 933. The molecule has 1 unspecified atom stereocenters. The summed E-state index contributed by atoms with van der Waals surface area (Å²) in [7, 11) is 0. The van der Waals surface area contributed by atoms with Gasteiger partial charge in [-0.1, -0.05) is 11.6 Å². The number of amides is 3. The number of anilines is 1. The van der Waals surface area contributed by atoms with Crippen molar-refractivity contribution < 1.29 is 19.1 Å². The lowest BCUT2D eigenvalue weighted by Gasteiger charge is -2.34. The summed E-state index contributed by atoms with van der Waals surface area (Å²) in [5, 5.41) is 0. The maximum atomic E-state index is 13.0. The molecule has 2 aromatic rings. The van der Waals surface area contributed by atoms with E-state index in [0.717, 1.165) is 22.3 Å². The molecule has 0 saturated carbocycles. The van der Waals surface area contributed by atoms with Gasteiger partial charge in [0.15, 0.2) is 11.5 Å². The van der Waals surface area contributed by atoms with Gasteiger partial charge in [-0.2, -0.15) is 0 Å². The van der Waals surface area contributed by atoms with E-state index in [1.54, 1.807) is 23.1 Å². The van der Waals surface area contributed by atoms with E-state index >= 15 is 0 Å². The van der Waals surface area contributed by atoms with Crippen molar-refractivity contribution in [1.82, 2.24) is 9.80 Å². The Balaban J connectivity index is 1.36. The van der Waals surface area contributed by atoms with Crippen LogP contribution in [-0.4, -0.2) is 54.2 Å². The molecule has 1 atom stereocenters. The molecule has 0 aliphatic carbocycles. The zero-order chi connectivity index (χ0) is 18.5. The minimum Gasteiger partial charge on any atom is -0.454 e. The average molecular weight is 406 g/mol. The number of imide groups is 1. The van der Waals surface area contributed by atoms with Gasteiger partial charge in [0.1, 0.15) is 6.04 Å². The first-order valence-electron chi connectivity index (χ1n) is 8.61. The molecule has 5 rings (SSSR count). The molecule has 0 radical (unpaired) electrons. The number of ether oxygens (including phenoxy) is 2. The second-order valence-corrected chi connectivity index (χ2v) is 8.44. The lowest BCUT2D eigenvalue weighted by molar-refractivity contribution is -0.121. The summed E-state index contributed by atoms with van der Waals surface area (Å²) in [5.41, 5.74) is 0.514. The van der Waals surface area contributed by atoms with Crippen molar-refractivity contribution in [3.05, 3.63) is 39.5 Å². The molecule has 140 valence electrons. The number of thiophene rings is 1. The van der Waals surface area contributed by atoms with Crippen LogP contribution in [0.15, 0.2) is 30.3 Å². The van der Waals surface area contributed by atoms with Crippen LogP contribution in [0.2, 0.25) is 4.34 Å². The molecule has 2 saturated heterocycles. The van der Waals surface area contributed by atoms with Crippen molar-refractivity contribution in [1.29, 1.82) is 0 Å². The third-order valence-electron chi connectivity index (χ3n) is 5.03. The molecule has 0 N–H and O–H groups in total. The Morgan fingerprint density at radius 1 is 1.11 bits per heavy atom. The quantitative estimate of drug-likeness (QED) is 0.735. The van der Waals surface area contributed by atoms with Crippen molar-refractivity contribution in [3.63, 3.8) is 0 Å². The van der Waals surface area contributed by atoms with Crippen LogP contribution in [0, 0.1) is 0 Å². The number of urea groups is 1. The molecule has 1 aromatic heterocycles. The van der Waals surface area contributed by atoms with E-state index in [0.29, 0.717) is 30.3 Å². The van der Waals surface area contributed by atoms with E-state index in [4.69, 9.17) is 21.1 Å². The molecule has 3 aliphatic rings. The average Bonchev–Trinajstić information content (AvgIpc) is 3.34. The van der Waals surface area contributed by atoms with Gasteiger partial charge >= 0.3 is 6.03 Å². The Morgan fingerprint density at radius 2 is 1.96 bits per heavy atom. The van der Waals surface area contributed by atoms with E-state index in [2.05, 4.69) is 4.90 Å². The van der Waals surface area contributed by atoms with Crippen LogP contribution in [0.1, 0.15) is 4.88 Å². The number of carbonyl (C=O) groups is 2. The van der Waals surface area contributed by atoms with Gasteiger partial charge in [-0.25, -0.2) is 9.69 Å². The number of carbonyl (C=O) groups excluding carboxylic acids is 2. The zero-order valence-corrected chi connectivity index (χ0v) is 15.8. The van der Waals surface area contributed by atoms with Crippen LogP contribution >= 0.6 is 22.9 Å². The van der Waals surface area contributed by atoms with Gasteiger partial charge in [-0.15, -0.1) is 11.3 Å². The Morgan fingerprint density at radius 3 is 2.78 bits per heavy atom. The van der Waals surface area contributed by atoms with E-state index in [9.17, 15) is 9.59 Å². The van der Waals surface area contributed by atoms with Gasteiger partial charge in [-0.05, 0) is 24.3 Å². The van der Waals surface area contributed by atoms with Crippen LogP contribution in [0.5, 0.6) is 11.5 Å². The molecule has 27 heavy (non-hydrogen) atoms. The van der Waals surface area contributed by atoms with Crippen LogP contribution in [0.4, 0.5) is 10.5 Å². The predicted molar refractivity (Wildman–Crippen MR) is 101 cm³/mol. The van der Waals surface area contributed by atoms with Crippen molar-refractivity contribution in [2.75, 3.05) is 31.3 Å². The fourth-order valence-corrected chi connectivity index (χ4v) is 4.84. The minimum atomic E-state index is -0.466. The smallest absolute Gasteiger partial charge is 0.332 e. The summed E-state index contributed by atoms with van der Waals surface area (Å²) < 4.78 is 11.4. The maximum Gasteiger partial charge on any atom is 0.332 e. The highest BCUT2D eigenvalue weighted by Crippen LogP contribution is 2.37. The zero-order valence-electron chi connectivity index (χ0n) is 14.3. The molecule has 1 aromatic carbocycles. The standard InChI is InChI=1S/C18H16ClN3O4S/c19-16-4-2-12(27-16)8-20-5-6-21-13(9-20)17(23)22(18(21)24)11-1-3-14-15(7-11)26-10-25-14/h1-4,7,13H,5-6,8-10H2. The van der Waals surface area contributed by atoms with Crippen molar-refractivity contribution in [2.45, 2.75) is 12.6 Å². The fourth-order valence-electron chi connectivity index (χ4n) is 3.71. The van der Waals surface area contributed by atoms with Crippen molar-refractivity contribution in [2.24, 2.45) is 0 Å². The summed E-state index contributed by atoms with van der Waals surface area (Å²) in [6, 6.07) is 8.26. The molecule has 7 nitrogen and oxygen atoms in total. The normalized spacial score (nSPS) is 21.9. The van der Waals surface area contributed by atoms with Gasteiger partial charge in [0.05, 0.1) is 10.0 Å². The van der Waals surface area contributed by atoms with Gasteiger partial charge in [0, 0.05) is 37.1 Å². The summed E-state index contributed by atoms with van der Waals surface area (Å²) in [5.74, 6) is 0.971. The van der Waals surface area contributed by atoms with E-state index < -0.39 is 6.04 Å². The van der Waals surface area contributed by atoms with Crippen LogP contribution in [0.25, 0.3) is 0 Å². The number of nitrogens with zero attached hydrogens (tertiary/aromatic N) is 3. The van der Waals surface area contributed by atoms with Crippen molar-refractivity contribution in [3.8, 4) is 11.5 Å². The van der Waals surface area contributed by atoms with Gasteiger partial charge < -0.3 is 14.4 Å². The van der Waals surface area contributed by atoms with E-state index in [1.165, 1.54) is 16.2 Å². The topological polar surface area (TPSA) is 62.3 Å². The number of halogens is 1. The Labute approximate surface area is 164 Å². The number of piperazine rings is 1. The van der Waals surface area contributed by atoms with Gasteiger partial charge in [0.25, 0.3) is 5.91 Å². The van der Waals surface area contributed by atoms with E-state index in [-0.39, 0.29) is 18.7 Å². The second-order valence-electron chi connectivity index (χ2n) is 6.64. The maximum absolute atomic E-state index is 13.0. The number of benzene rings is 1. The lowest BCUT2D eigenvalue weighted by Crippen LogP contribution is -2.52. The summed E-state index contributed by atoms with van der Waals surface area (Å²) >= 11 is 7.54. The third-order valence-corrected chi connectivity index (χ3v) is 6.25. The Kier molecular flexibility index (Phi) is 3.99. The molecule has 4 heterocycles. The minimum absolute atomic E-state index is 0.150. The summed E-state index contributed by atoms with van der Waals surface area (Å²) in [6.45, 7) is 2.64. The first-order chi connectivity index (χ1) is 13.1. The van der Waals surface area contributed by atoms with Crippen LogP contribution in [-0.2, 0) is 11.3 Å². The third kappa shape index (κ3) is 2.84. The predicted octanol–water partition coefficient (Wildman–Crippen LogP) is 2.78. The molecule has 3 amide bonds. The molecule has 0 bridgehead atoms. The van der Waals surface area contributed by atoms with Crippen LogP contribution < -0.4 is 14.4 Å². The summed E-state index contributed by atoms with van der Waals surface area (Å²) in [6.07, 6.45) is 0. The molecular formula is C18H16ClN3O4S. The van der Waals surface area contributed by atoms with Gasteiger partial charge in [0.2, 0.25) is 6.79 Å². The second kappa shape index (κ2) is 6.40. The lowest BCUT2D eigenvalue weighted by atomic mass is 10.1. The molecule has 2 fully saturated rings. The van der Waals surface area contributed by atoms with E-state index in [1.807, 2.05) is 12.1 Å². The Hall–Kier alpha value is -2.29. The highest BCUT2D eigenvalue weighted by molar-refractivity contribution is 7.16. The molecule has 9 heteroatoms. The molecule has 3 aliphatic heterocycles.